The molecule has 6 heteroatoms. The van der Waals surface area contributed by atoms with Crippen LogP contribution < -0.4 is 18.9 Å². The van der Waals surface area contributed by atoms with Gasteiger partial charge in [-0.15, -0.1) is 0 Å². The second-order valence-electron chi connectivity index (χ2n) is 8.75. The molecule has 2 rings (SSSR count). The molecule has 0 aliphatic heterocycles. The van der Waals surface area contributed by atoms with Gasteiger partial charge >= 0.3 is 11.9 Å². The molecule has 6 nitrogen and oxygen atoms in total. The summed E-state index contributed by atoms with van der Waals surface area (Å²) >= 11 is 0. The molecule has 0 saturated heterocycles. The van der Waals surface area contributed by atoms with E-state index in [0.29, 0.717) is 36.2 Å². The smallest absolute Gasteiger partial charge is 0.335 e. The first kappa shape index (κ1) is 27.7. The van der Waals surface area contributed by atoms with Crippen LogP contribution in [0.3, 0.4) is 0 Å². The molecule has 0 aromatic heterocycles. The molecule has 35 heavy (non-hydrogen) atoms. The molecular formula is C29H36O6. The minimum atomic E-state index is -0.682. The maximum atomic E-state index is 12.1. The standard InChI is InChI=1S/C29H36O6/c1-9-17-32-27-21(15-13-19(5)25(27)34-23(30)11-3)29(7,8)22-16-14-20(6)26(35-24(31)12-4)28(22)33-18-10-2/h11-16H,3-4,9-10,17-18H2,1-2,5-8H3. The van der Waals surface area contributed by atoms with Crippen molar-refractivity contribution in [3.05, 3.63) is 71.8 Å². The number of rotatable bonds is 12. The van der Waals surface area contributed by atoms with E-state index in [4.69, 9.17) is 18.9 Å². The van der Waals surface area contributed by atoms with Gasteiger partial charge in [0, 0.05) is 28.7 Å². The highest BCUT2D eigenvalue weighted by molar-refractivity contribution is 5.85. The fourth-order valence-corrected chi connectivity index (χ4v) is 3.68. The molecule has 0 bridgehead atoms. The zero-order chi connectivity index (χ0) is 26.2. The van der Waals surface area contributed by atoms with E-state index in [1.54, 1.807) is 0 Å². The SMILES string of the molecule is C=CC(=O)Oc1c(C)ccc(C(C)(C)c2ccc(C)c(OC(=O)C=C)c2OCCC)c1OCCC. The van der Waals surface area contributed by atoms with E-state index in [0.717, 1.165) is 47.2 Å². The minimum Gasteiger partial charge on any atom is -0.489 e. The molecule has 0 aliphatic carbocycles. The molecule has 0 radical (unpaired) electrons. The Balaban J connectivity index is 2.81. The van der Waals surface area contributed by atoms with Gasteiger partial charge in [-0.25, -0.2) is 9.59 Å². The number of hydrogen-bond acceptors (Lipinski definition) is 6. The summed E-state index contributed by atoms with van der Waals surface area (Å²) in [6.07, 6.45) is 3.80. The van der Waals surface area contributed by atoms with Gasteiger partial charge in [0.1, 0.15) is 0 Å². The lowest BCUT2D eigenvalue weighted by Crippen LogP contribution is -2.23. The number of ether oxygens (including phenoxy) is 4. The predicted octanol–water partition coefficient (Wildman–Crippen LogP) is 6.39. The third-order valence-corrected chi connectivity index (χ3v) is 5.60. The van der Waals surface area contributed by atoms with Crippen LogP contribution in [0, 0.1) is 13.8 Å². The van der Waals surface area contributed by atoms with E-state index in [9.17, 15) is 9.59 Å². The average Bonchev–Trinajstić information content (AvgIpc) is 2.83. The lowest BCUT2D eigenvalue weighted by Gasteiger charge is -2.32. The van der Waals surface area contributed by atoms with Crippen LogP contribution in [0.4, 0.5) is 0 Å². The number of benzene rings is 2. The van der Waals surface area contributed by atoms with Gasteiger partial charge in [-0.1, -0.05) is 65.1 Å². The Hall–Kier alpha value is -3.54. The molecule has 0 aliphatic rings. The molecule has 0 fully saturated rings. The van der Waals surface area contributed by atoms with Crippen molar-refractivity contribution < 1.29 is 28.5 Å². The molecule has 0 amide bonds. The summed E-state index contributed by atoms with van der Waals surface area (Å²) in [5, 5.41) is 0. The van der Waals surface area contributed by atoms with Crippen molar-refractivity contribution in [2.45, 2.75) is 59.8 Å². The van der Waals surface area contributed by atoms with Crippen LogP contribution in [-0.2, 0) is 15.0 Å². The summed E-state index contributed by atoms with van der Waals surface area (Å²) < 4.78 is 23.5. The monoisotopic (exact) mass is 480 g/mol. The molecule has 0 atom stereocenters. The lowest BCUT2D eigenvalue weighted by molar-refractivity contribution is -0.130. The van der Waals surface area contributed by atoms with Crippen LogP contribution >= 0.6 is 0 Å². The van der Waals surface area contributed by atoms with E-state index >= 15 is 0 Å². The van der Waals surface area contributed by atoms with Gasteiger partial charge in [-0.3, -0.25) is 0 Å². The van der Waals surface area contributed by atoms with Gasteiger partial charge in [0.05, 0.1) is 13.2 Å². The minimum absolute atomic E-state index is 0.357. The second kappa shape index (κ2) is 12.2. The summed E-state index contributed by atoms with van der Waals surface area (Å²) in [7, 11) is 0. The largest absolute Gasteiger partial charge is 0.489 e. The van der Waals surface area contributed by atoms with Gasteiger partial charge in [0.2, 0.25) is 0 Å². The average molecular weight is 481 g/mol. The Kier molecular flexibility index (Phi) is 9.69. The fraction of sp³-hybridized carbons (Fsp3) is 0.379. The van der Waals surface area contributed by atoms with Crippen LogP contribution in [0.5, 0.6) is 23.0 Å². The van der Waals surface area contributed by atoms with Crippen LogP contribution in [0.1, 0.15) is 62.8 Å². The van der Waals surface area contributed by atoms with E-state index in [2.05, 4.69) is 13.2 Å². The summed E-state index contributed by atoms with van der Waals surface area (Å²) in [4.78, 5) is 24.2. The van der Waals surface area contributed by atoms with E-state index < -0.39 is 17.4 Å². The van der Waals surface area contributed by atoms with Gasteiger partial charge in [-0.05, 0) is 37.8 Å². The fourth-order valence-electron chi connectivity index (χ4n) is 3.68. The van der Waals surface area contributed by atoms with Crippen molar-refractivity contribution in [1.82, 2.24) is 0 Å². The lowest BCUT2D eigenvalue weighted by atomic mass is 9.76. The second-order valence-corrected chi connectivity index (χ2v) is 8.75. The Morgan fingerprint density at radius 2 is 1.11 bits per heavy atom. The molecule has 0 saturated carbocycles. The van der Waals surface area contributed by atoms with Crippen molar-refractivity contribution in [1.29, 1.82) is 0 Å². The van der Waals surface area contributed by atoms with Crippen LogP contribution in [0.25, 0.3) is 0 Å². The maximum Gasteiger partial charge on any atom is 0.335 e. The first-order chi connectivity index (χ1) is 16.6. The number of hydrogen-bond donors (Lipinski definition) is 0. The van der Waals surface area contributed by atoms with Crippen molar-refractivity contribution in [3.8, 4) is 23.0 Å². The van der Waals surface area contributed by atoms with Gasteiger partial charge in [0.15, 0.2) is 23.0 Å². The Labute approximate surface area is 208 Å². The summed E-state index contributed by atoms with van der Waals surface area (Å²) in [5.41, 5.74) is 2.44. The molecule has 2 aromatic rings. The van der Waals surface area contributed by atoms with Crippen LogP contribution in [-0.4, -0.2) is 25.2 Å². The van der Waals surface area contributed by atoms with Crippen molar-refractivity contribution in [3.63, 3.8) is 0 Å². The van der Waals surface area contributed by atoms with E-state index in [1.807, 2.05) is 65.8 Å². The molecule has 188 valence electrons. The maximum absolute atomic E-state index is 12.1. The van der Waals surface area contributed by atoms with Crippen molar-refractivity contribution in [2.75, 3.05) is 13.2 Å². The van der Waals surface area contributed by atoms with Crippen molar-refractivity contribution in [2.24, 2.45) is 0 Å². The third-order valence-electron chi connectivity index (χ3n) is 5.60. The molecular weight excluding hydrogens is 444 g/mol. The molecule has 2 aromatic carbocycles. The molecule has 0 spiro atoms. The quantitative estimate of drug-likeness (QED) is 0.199. The first-order valence-corrected chi connectivity index (χ1v) is 11.8. The normalized spacial score (nSPS) is 10.9. The highest BCUT2D eigenvalue weighted by atomic mass is 16.6. The predicted molar refractivity (Wildman–Crippen MR) is 138 cm³/mol. The first-order valence-electron chi connectivity index (χ1n) is 11.8. The highest BCUT2D eigenvalue weighted by Gasteiger charge is 2.34. The van der Waals surface area contributed by atoms with E-state index in [1.165, 1.54) is 0 Å². The number of carbonyl (C=O) groups excluding carboxylic acids is 2. The number of aryl methyl sites for hydroxylation is 2. The topological polar surface area (TPSA) is 71.1 Å². The summed E-state index contributed by atoms with van der Waals surface area (Å²) in [6.45, 7) is 19.7. The molecule has 0 unspecified atom stereocenters. The summed E-state index contributed by atoms with van der Waals surface area (Å²) in [6, 6.07) is 7.71. The Morgan fingerprint density at radius 3 is 1.43 bits per heavy atom. The van der Waals surface area contributed by atoms with Gasteiger partial charge in [0.25, 0.3) is 0 Å². The molecule has 0 heterocycles. The molecule has 0 N–H and O–H groups in total. The third kappa shape index (κ3) is 6.32. The number of esters is 2. The van der Waals surface area contributed by atoms with Crippen molar-refractivity contribution >= 4 is 11.9 Å². The zero-order valence-electron chi connectivity index (χ0n) is 21.7. The zero-order valence-corrected chi connectivity index (χ0v) is 21.7. The Morgan fingerprint density at radius 1 is 0.743 bits per heavy atom. The van der Waals surface area contributed by atoms with E-state index in [-0.39, 0.29) is 0 Å². The van der Waals surface area contributed by atoms with Crippen LogP contribution in [0.15, 0.2) is 49.6 Å². The number of carbonyl (C=O) groups is 2. The van der Waals surface area contributed by atoms with Gasteiger partial charge < -0.3 is 18.9 Å². The Bertz CT molecular complexity index is 1010. The highest BCUT2D eigenvalue weighted by Crippen LogP contribution is 2.49. The van der Waals surface area contributed by atoms with Crippen LogP contribution in [0.2, 0.25) is 0 Å². The summed E-state index contributed by atoms with van der Waals surface area (Å²) in [5.74, 6) is 0.554. The van der Waals surface area contributed by atoms with Gasteiger partial charge in [-0.2, -0.15) is 0 Å².